The third kappa shape index (κ3) is 3.88. The molecule has 0 amide bonds. The number of benzene rings is 1. The Kier molecular flexibility index (Phi) is 5.62. The quantitative estimate of drug-likeness (QED) is 0.858. The molecule has 0 aliphatic heterocycles. The molecule has 0 radical (unpaired) electrons. The van der Waals surface area contributed by atoms with E-state index in [1.165, 1.54) is 5.56 Å². The number of halogens is 1. The molecule has 1 unspecified atom stereocenters. The van der Waals surface area contributed by atoms with Crippen molar-refractivity contribution in [2.24, 2.45) is 7.05 Å². The van der Waals surface area contributed by atoms with E-state index in [1.54, 1.807) is 4.68 Å². The first kappa shape index (κ1) is 17.0. The minimum absolute atomic E-state index is 0.317. The highest BCUT2D eigenvalue weighted by Gasteiger charge is 2.17. The molecular formula is C17H24ClN3O. The zero-order valence-electron chi connectivity index (χ0n) is 13.6. The summed E-state index contributed by atoms with van der Waals surface area (Å²) >= 11 is 6.31. The summed E-state index contributed by atoms with van der Waals surface area (Å²) in [5.74, 6) is 0.317. The van der Waals surface area contributed by atoms with Crippen molar-refractivity contribution in [3.05, 3.63) is 51.8 Å². The number of rotatable bonds is 6. The van der Waals surface area contributed by atoms with Gasteiger partial charge in [-0.05, 0) is 18.4 Å². The molecule has 0 aliphatic carbocycles. The van der Waals surface area contributed by atoms with E-state index < -0.39 is 6.10 Å². The lowest BCUT2D eigenvalue weighted by atomic mass is 10.1. The van der Waals surface area contributed by atoms with Crippen molar-refractivity contribution in [2.45, 2.75) is 39.3 Å². The maximum absolute atomic E-state index is 10.2. The van der Waals surface area contributed by atoms with Gasteiger partial charge in [-0.1, -0.05) is 55.3 Å². The van der Waals surface area contributed by atoms with E-state index in [2.05, 4.69) is 24.3 Å². The van der Waals surface area contributed by atoms with Crippen molar-refractivity contribution in [1.29, 1.82) is 0 Å². The maximum Gasteiger partial charge on any atom is 0.131 e. The summed E-state index contributed by atoms with van der Waals surface area (Å²) in [5, 5.41) is 18.6. The largest absolute Gasteiger partial charge is 0.387 e. The predicted molar refractivity (Wildman–Crippen MR) is 90.2 cm³/mol. The SMILES string of the molecule is Cc1ccc(C(O)CNCc2c(C(C)C)nn(C)c2Cl)cc1. The number of hydrogen-bond acceptors (Lipinski definition) is 3. The summed E-state index contributed by atoms with van der Waals surface area (Å²) in [6.45, 7) is 7.31. The van der Waals surface area contributed by atoms with Crippen LogP contribution in [0.25, 0.3) is 0 Å². The molecule has 120 valence electrons. The number of aromatic nitrogens is 2. The molecule has 0 fully saturated rings. The van der Waals surface area contributed by atoms with Crippen molar-refractivity contribution in [1.82, 2.24) is 15.1 Å². The van der Waals surface area contributed by atoms with Gasteiger partial charge < -0.3 is 10.4 Å². The van der Waals surface area contributed by atoms with Crippen LogP contribution < -0.4 is 5.32 Å². The number of hydrogen-bond donors (Lipinski definition) is 2. The molecule has 0 saturated heterocycles. The van der Waals surface area contributed by atoms with Crippen LogP contribution in [0.5, 0.6) is 0 Å². The second-order valence-corrected chi connectivity index (χ2v) is 6.35. The van der Waals surface area contributed by atoms with Crippen LogP contribution in [0, 0.1) is 6.92 Å². The molecule has 0 spiro atoms. The zero-order valence-corrected chi connectivity index (χ0v) is 14.4. The lowest BCUT2D eigenvalue weighted by molar-refractivity contribution is 0.174. The molecule has 2 N–H and O–H groups in total. The van der Waals surface area contributed by atoms with Crippen LogP contribution >= 0.6 is 11.6 Å². The average molecular weight is 322 g/mol. The van der Waals surface area contributed by atoms with Gasteiger partial charge in [0.2, 0.25) is 0 Å². The number of aliphatic hydroxyl groups is 1. The average Bonchev–Trinajstić information content (AvgIpc) is 2.76. The lowest BCUT2D eigenvalue weighted by Crippen LogP contribution is -2.21. The van der Waals surface area contributed by atoms with E-state index >= 15 is 0 Å². The maximum atomic E-state index is 10.2. The Hall–Kier alpha value is -1.36. The summed E-state index contributed by atoms with van der Waals surface area (Å²) in [6.07, 6.45) is -0.529. The van der Waals surface area contributed by atoms with Crippen molar-refractivity contribution in [2.75, 3.05) is 6.54 Å². The molecule has 22 heavy (non-hydrogen) atoms. The Labute approximate surface area is 137 Å². The van der Waals surface area contributed by atoms with E-state index in [0.29, 0.717) is 24.2 Å². The third-order valence-corrected chi connectivity index (χ3v) is 4.22. The smallest absolute Gasteiger partial charge is 0.131 e. The third-order valence-electron chi connectivity index (χ3n) is 3.75. The highest BCUT2D eigenvalue weighted by atomic mass is 35.5. The Bertz CT molecular complexity index is 620. The molecule has 1 aromatic carbocycles. The lowest BCUT2D eigenvalue weighted by Gasteiger charge is -2.13. The van der Waals surface area contributed by atoms with E-state index in [9.17, 15) is 5.11 Å². The highest BCUT2D eigenvalue weighted by molar-refractivity contribution is 6.30. The van der Waals surface area contributed by atoms with Crippen molar-refractivity contribution in [3.8, 4) is 0 Å². The van der Waals surface area contributed by atoms with Crippen LogP contribution in [0.4, 0.5) is 0 Å². The summed E-state index contributed by atoms with van der Waals surface area (Å²) in [6, 6.07) is 7.93. The number of aliphatic hydroxyl groups excluding tert-OH is 1. The molecule has 4 nitrogen and oxygen atoms in total. The summed E-state index contributed by atoms with van der Waals surface area (Å²) in [7, 11) is 1.85. The topological polar surface area (TPSA) is 50.1 Å². The zero-order chi connectivity index (χ0) is 16.3. The van der Waals surface area contributed by atoms with Crippen LogP contribution in [0.3, 0.4) is 0 Å². The number of nitrogens with one attached hydrogen (secondary N) is 1. The van der Waals surface area contributed by atoms with Gasteiger partial charge in [0.15, 0.2) is 0 Å². The molecule has 2 rings (SSSR count). The van der Waals surface area contributed by atoms with Crippen LogP contribution in [0.2, 0.25) is 5.15 Å². The van der Waals surface area contributed by atoms with Gasteiger partial charge in [0.1, 0.15) is 5.15 Å². The summed E-state index contributed by atoms with van der Waals surface area (Å²) in [4.78, 5) is 0. The Morgan fingerprint density at radius 3 is 2.50 bits per heavy atom. The molecule has 0 bridgehead atoms. The standard InChI is InChI=1S/C17H24ClN3O/c1-11(2)16-14(17(18)21(4)20-16)9-19-10-15(22)13-7-5-12(3)6-8-13/h5-8,11,15,19,22H,9-10H2,1-4H3. The van der Waals surface area contributed by atoms with Gasteiger partial charge in [-0.25, -0.2) is 0 Å². The van der Waals surface area contributed by atoms with Crippen molar-refractivity contribution >= 4 is 11.6 Å². The van der Waals surface area contributed by atoms with Gasteiger partial charge in [0.25, 0.3) is 0 Å². The second kappa shape index (κ2) is 7.27. The van der Waals surface area contributed by atoms with Crippen LogP contribution in [0.1, 0.15) is 48.3 Å². The minimum atomic E-state index is -0.529. The first-order valence-electron chi connectivity index (χ1n) is 7.56. The van der Waals surface area contributed by atoms with Gasteiger partial charge in [0, 0.05) is 25.7 Å². The van der Waals surface area contributed by atoms with Gasteiger partial charge >= 0.3 is 0 Å². The van der Waals surface area contributed by atoms with E-state index in [-0.39, 0.29) is 0 Å². The van der Waals surface area contributed by atoms with Gasteiger partial charge in [-0.15, -0.1) is 0 Å². The molecule has 2 aromatic rings. The van der Waals surface area contributed by atoms with Crippen LogP contribution in [0.15, 0.2) is 24.3 Å². The van der Waals surface area contributed by atoms with E-state index in [4.69, 9.17) is 11.6 Å². The molecule has 0 saturated carbocycles. The van der Waals surface area contributed by atoms with Crippen molar-refractivity contribution < 1.29 is 5.11 Å². The van der Waals surface area contributed by atoms with E-state index in [1.807, 2.05) is 38.2 Å². The van der Waals surface area contributed by atoms with Gasteiger partial charge in [-0.3, -0.25) is 4.68 Å². The Morgan fingerprint density at radius 2 is 1.91 bits per heavy atom. The molecular weight excluding hydrogens is 298 g/mol. The second-order valence-electron chi connectivity index (χ2n) is 5.99. The fourth-order valence-electron chi connectivity index (χ4n) is 2.43. The monoisotopic (exact) mass is 321 g/mol. The Morgan fingerprint density at radius 1 is 1.27 bits per heavy atom. The fraction of sp³-hybridized carbons (Fsp3) is 0.471. The first-order chi connectivity index (χ1) is 10.4. The van der Waals surface area contributed by atoms with Crippen LogP contribution in [-0.2, 0) is 13.6 Å². The van der Waals surface area contributed by atoms with Crippen molar-refractivity contribution in [3.63, 3.8) is 0 Å². The van der Waals surface area contributed by atoms with Crippen LogP contribution in [-0.4, -0.2) is 21.4 Å². The predicted octanol–water partition coefficient (Wildman–Crippen LogP) is 3.33. The Balaban J connectivity index is 1.98. The normalized spacial score (nSPS) is 12.9. The molecule has 1 aromatic heterocycles. The number of aryl methyl sites for hydroxylation is 2. The molecule has 5 heteroatoms. The number of nitrogens with zero attached hydrogens (tertiary/aromatic N) is 2. The summed E-state index contributed by atoms with van der Waals surface area (Å²) in [5.41, 5.74) is 4.12. The first-order valence-corrected chi connectivity index (χ1v) is 7.94. The van der Waals surface area contributed by atoms with E-state index in [0.717, 1.165) is 16.8 Å². The molecule has 0 aliphatic rings. The minimum Gasteiger partial charge on any atom is -0.387 e. The molecule has 1 atom stereocenters. The molecule has 1 heterocycles. The summed E-state index contributed by atoms with van der Waals surface area (Å²) < 4.78 is 1.70. The van der Waals surface area contributed by atoms with Gasteiger partial charge in [-0.2, -0.15) is 5.10 Å². The fourth-order valence-corrected chi connectivity index (χ4v) is 2.64. The highest BCUT2D eigenvalue weighted by Crippen LogP contribution is 2.25. The van der Waals surface area contributed by atoms with Gasteiger partial charge in [0.05, 0.1) is 11.8 Å².